The number of hydrogen-bond acceptors (Lipinski definition) is 4. The fourth-order valence-electron chi connectivity index (χ4n) is 2.21. The lowest BCUT2D eigenvalue weighted by molar-refractivity contribution is 0.0939. The number of Topliss-reactive ketones (excluding diaryl/α,β-unsaturated/α-hetero) is 1. The maximum absolute atomic E-state index is 12.4. The van der Waals surface area contributed by atoms with Crippen LogP contribution < -0.4 is 11.1 Å². The number of rotatable bonds is 9. The molecule has 0 spiro atoms. The SMILES string of the molecule is CCC(NCCN(CC)CC)C(=O)c1ccc(N)cc1. The Morgan fingerprint density at radius 2 is 1.80 bits per heavy atom. The van der Waals surface area contributed by atoms with Gasteiger partial charge in [0.25, 0.3) is 0 Å². The summed E-state index contributed by atoms with van der Waals surface area (Å²) in [5.74, 6) is 0.145. The molecule has 112 valence electrons. The fraction of sp³-hybridized carbons (Fsp3) is 0.562. The zero-order valence-corrected chi connectivity index (χ0v) is 12.9. The van der Waals surface area contributed by atoms with E-state index >= 15 is 0 Å². The first-order chi connectivity index (χ1) is 9.62. The lowest BCUT2D eigenvalue weighted by Crippen LogP contribution is -2.41. The molecule has 0 aliphatic rings. The summed E-state index contributed by atoms with van der Waals surface area (Å²) >= 11 is 0. The average Bonchev–Trinajstić information content (AvgIpc) is 2.48. The lowest BCUT2D eigenvalue weighted by atomic mass is 10.0. The molecule has 0 bridgehead atoms. The molecule has 0 aromatic heterocycles. The molecule has 1 rings (SSSR count). The zero-order valence-electron chi connectivity index (χ0n) is 12.9. The summed E-state index contributed by atoms with van der Waals surface area (Å²) in [5, 5.41) is 3.36. The Morgan fingerprint density at radius 3 is 2.30 bits per heavy atom. The molecule has 0 amide bonds. The van der Waals surface area contributed by atoms with Gasteiger partial charge in [-0.05, 0) is 43.8 Å². The Kier molecular flexibility index (Phi) is 7.26. The number of likely N-dealkylation sites (N-methyl/N-ethyl adjacent to an activating group) is 1. The predicted octanol–water partition coefficient (Wildman–Crippen LogP) is 2.16. The Hall–Kier alpha value is -1.39. The first-order valence-electron chi connectivity index (χ1n) is 7.47. The summed E-state index contributed by atoms with van der Waals surface area (Å²) in [4.78, 5) is 14.7. The quantitative estimate of drug-likeness (QED) is 0.536. The van der Waals surface area contributed by atoms with Gasteiger partial charge in [-0.2, -0.15) is 0 Å². The first-order valence-corrected chi connectivity index (χ1v) is 7.47. The van der Waals surface area contributed by atoms with E-state index in [0.717, 1.165) is 38.2 Å². The van der Waals surface area contributed by atoms with E-state index in [0.29, 0.717) is 5.69 Å². The molecule has 20 heavy (non-hydrogen) atoms. The lowest BCUT2D eigenvalue weighted by Gasteiger charge is -2.21. The van der Waals surface area contributed by atoms with Crippen molar-refractivity contribution in [2.75, 3.05) is 31.9 Å². The molecule has 0 heterocycles. The summed E-state index contributed by atoms with van der Waals surface area (Å²) in [6.07, 6.45) is 0.793. The maximum Gasteiger partial charge on any atom is 0.179 e. The summed E-state index contributed by atoms with van der Waals surface area (Å²) in [7, 11) is 0. The molecule has 0 saturated carbocycles. The molecule has 4 nitrogen and oxygen atoms in total. The van der Waals surface area contributed by atoms with Crippen LogP contribution in [0, 0.1) is 0 Å². The van der Waals surface area contributed by atoms with Crippen LogP contribution in [0.2, 0.25) is 0 Å². The number of ketones is 1. The molecule has 1 aromatic rings. The van der Waals surface area contributed by atoms with Crippen molar-refractivity contribution in [1.29, 1.82) is 0 Å². The molecule has 0 aliphatic heterocycles. The molecule has 1 unspecified atom stereocenters. The number of nitrogens with one attached hydrogen (secondary N) is 1. The number of benzene rings is 1. The van der Waals surface area contributed by atoms with Gasteiger partial charge in [-0.15, -0.1) is 0 Å². The second-order valence-corrected chi connectivity index (χ2v) is 4.93. The van der Waals surface area contributed by atoms with Crippen LogP contribution in [-0.4, -0.2) is 42.9 Å². The fourth-order valence-corrected chi connectivity index (χ4v) is 2.21. The van der Waals surface area contributed by atoms with Crippen LogP contribution in [-0.2, 0) is 0 Å². The summed E-state index contributed by atoms with van der Waals surface area (Å²) in [5.41, 5.74) is 7.05. The molecule has 0 fully saturated rings. The number of anilines is 1. The van der Waals surface area contributed by atoms with E-state index in [9.17, 15) is 4.79 Å². The van der Waals surface area contributed by atoms with E-state index in [1.807, 2.05) is 6.92 Å². The van der Waals surface area contributed by atoms with Gasteiger partial charge in [-0.1, -0.05) is 20.8 Å². The molecular formula is C16H27N3O. The van der Waals surface area contributed by atoms with E-state index < -0.39 is 0 Å². The third-order valence-corrected chi connectivity index (χ3v) is 3.63. The van der Waals surface area contributed by atoms with Crippen molar-refractivity contribution in [3.05, 3.63) is 29.8 Å². The van der Waals surface area contributed by atoms with Crippen LogP contribution in [0.25, 0.3) is 0 Å². The maximum atomic E-state index is 12.4. The summed E-state index contributed by atoms with van der Waals surface area (Å²) in [6, 6.07) is 7.03. The van der Waals surface area contributed by atoms with Gasteiger partial charge < -0.3 is 16.0 Å². The third kappa shape index (κ3) is 4.94. The van der Waals surface area contributed by atoms with Crippen LogP contribution in [0.4, 0.5) is 5.69 Å². The van der Waals surface area contributed by atoms with Gasteiger partial charge in [0, 0.05) is 24.3 Å². The van der Waals surface area contributed by atoms with Crippen molar-refractivity contribution in [2.45, 2.75) is 33.2 Å². The van der Waals surface area contributed by atoms with Crippen molar-refractivity contribution < 1.29 is 4.79 Å². The molecule has 3 N–H and O–H groups in total. The van der Waals surface area contributed by atoms with Gasteiger partial charge in [0.15, 0.2) is 5.78 Å². The minimum absolute atomic E-state index is 0.116. The Morgan fingerprint density at radius 1 is 1.20 bits per heavy atom. The van der Waals surface area contributed by atoms with Crippen molar-refractivity contribution in [1.82, 2.24) is 10.2 Å². The standard InChI is InChI=1S/C16H27N3O/c1-4-15(18-11-12-19(5-2)6-3)16(20)13-7-9-14(17)10-8-13/h7-10,15,18H,4-6,11-12,17H2,1-3H3. The van der Waals surface area contributed by atoms with E-state index in [2.05, 4.69) is 24.1 Å². The first kappa shape index (κ1) is 16.7. The van der Waals surface area contributed by atoms with E-state index in [-0.39, 0.29) is 11.8 Å². The molecule has 0 saturated heterocycles. The smallest absolute Gasteiger partial charge is 0.179 e. The van der Waals surface area contributed by atoms with Crippen molar-refractivity contribution >= 4 is 11.5 Å². The van der Waals surface area contributed by atoms with Crippen LogP contribution in [0.5, 0.6) is 0 Å². The van der Waals surface area contributed by atoms with E-state index in [1.165, 1.54) is 0 Å². The number of nitrogen functional groups attached to an aromatic ring is 1. The highest BCUT2D eigenvalue weighted by Gasteiger charge is 2.17. The number of nitrogens with zero attached hydrogens (tertiary/aromatic N) is 1. The molecule has 4 heteroatoms. The van der Waals surface area contributed by atoms with Crippen LogP contribution >= 0.6 is 0 Å². The molecule has 1 atom stereocenters. The molecule has 0 radical (unpaired) electrons. The molecule has 1 aromatic carbocycles. The Bertz CT molecular complexity index is 399. The third-order valence-electron chi connectivity index (χ3n) is 3.63. The minimum Gasteiger partial charge on any atom is -0.399 e. The number of hydrogen-bond donors (Lipinski definition) is 2. The highest BCUT2D eigenvalue weighted by atomic mass is 16.1. The second-order valence-electron chi connectivity index (χ2n) is 4.93. The van der Waals surface area contributed by atoms with E-state index in [1.54, 1.807) is 24.3 Å². The Labute approximate surface area is 122 Å². The van der Waals surface area contributed by atoms with Crippen molar-refractivity contribution in [2.24, 2.45) is 0 Å². The number of nitrogens with two attached hydrogens (primary N) is 1. The highest BCUT2D eigenvalue weighted by molar-refractivity contribution is 6.00. The monoisotopic (exact) mass is 277 g/mol. The highest BCUT2D eigenvalue weighted by Crippen LogP contribution is 2.09. The largest absolute Gasteiger partial charge is 0.399 e. The van der Waals surface area contributed by atoms with Gasteiger partial charge >= 0.3 is 0 Å². The summed E-state index contributed by atoms with van der Waals surface area (Å²) in [6.45, 7) is 10.2. The predicted molar refractivity (Wildman–Crippen MR) is 85.1 cm³/mol. The van der Waals surface area contributed by atoms with Crippen LogP contribution in [0.15, 0.2) is 24.3 Å². The van der Waals surface area contributed by atoms with Crippen LogP contribution in [0.3, 0.4) is 0 Å². The topological polar surface area (TPSA) is 58.4 Å². The van der Waals surface area contributed by atoms with Gasteiger partial charge in [0.2, 0.25) is 0 Å². The van der Waals surface area contributed by atoms with Crippen molar-refractivity contribution in [3.8, 4) is 0 Å². The van der Waals surface area contributed by atoms with Crippen LogP contribution in [0.1, 0.15) is 37.6 Å². The van der Waals surface area contributed by atoms with E-state index in [4.69, 9.17) is 5.73 Å². The van der Waals surface area contributed by atoms with Gasteiger partial charge in [-0.3, -0.25) is 4.79 Å². The molecular weight excluding hydrogens is 250 g/mol. The summed E-state index contributed by atoms with van der Waals surface area (Å²) < 4.78 is 0. The second kappa shape index (κ2) is 8.72. The van der Waals surface area contributed by atoms with Gasteiger partial charge in [0.1, 0.15) is 0 Å². The van der Waals surface area contributed by atoms with Gasteiger partial charge in [0.05, 0.1) is 6.04 Å². The molecule has 0 aliphatic carbocycles. The normalized spacial score (nSPS) is 12.6. The number of carbonyl (C=O) groups is 1. The van der Waals surface area contributed by atoms with Crippen molar-refractivity contribution in [3.63, 3.8) is 0 Å². The minimum atomic E-state index is -0.116. The Balaban J connectivity index is 2.53. The number of carbonyl (C=O) groups excluding carboxylic acids is 1. The zero-order chi connectivity index (χ0) is 15.0. The average molecular weight is 277 g/mol. The van der Waals surface area contributed by atoms with Gasteiger partial charge in [-0.25, -0.2) is 0 Å².